The molecule has 0 amide bonds. The molecule has 58 heavy (non-hydrogen) atoms. The molecule has 2 unspecified atom stereocenters. The van der Waals surface area contributed by atoms with Gasteiger partial charge in [-0.25, -0.2) is 4.79 Å². The van der Waals surface area contributed by atoms with Gasteiger partial charge < -0.3 is 28.5 Å². The van der Waals surface area contributed by atoms with Crippen molar-refractivity contribution < 1.29 is 42.9 Å². The number of rotatable bonds is 39. The van der Waals surface area contributed by atoms with E-state index in [1.807, 2.05) is 33.3 Å². The first kappa shape index (κ1) is 54.5. The van der Waals surface area contributed by atoms with Crippen LogP contribution in [-0.4, -0.2) is 87.4 Å². The Hall–Kier alpha value is -3.53. The topological polar surface area (TPSA) is 108 Å². The van der Waals surface area contributed by atoms with E-state index in [0.717, 1.165) is 77.0 Å². The number of allylic oxidation sites excluding steroid dienone is 14. The minimum absolute atomic E-state index is 0.129. The van der Waals surface area contributed by atoms with Crippen LogP contribution in [0.2, 0.25) is 0 Å². The smallest absolute Gasteiger partial charge is 0.361 e. The maximum absolute atomic E-state index is 12.7. The Bertz CT molecular complexity index is 1220. The number of ether oxygens (including phenoxy) is 4. The quantitative estimate of drug-likeness (QED) is 0.0215. The van der Waals surface area contributed by atoms with Crippen molar-refractivity contribution in [3.05, 3.63) is 85.1 Å². The third kappa shape index (κ3) is 40.7. The molecule has 0 aliphatic carbocycles. The zero-order valence-corrected chi connectivity index (χ0v) is 37.2. The van der Waals surface area contributed by atoms with Crippen molar-refractivity contribution in [3.8, 4) is 0 Å². The van der Waals surface area contributed by atoms with E-state index in [1.165, 1.54) is 38.5 Å². The van der Waals surface area contributed by atoms with E-state index < -0.39 is 24.3 Å². The van der Waals surface area contributed by atoms with Crippen LogP contribution in [0.1, 0.15) is 149 Å². The fraction of sp³-hybridized carbons (Fsp3) is 0.653. The molecule has 0 saturated heterocycles. The van der Waals surface area contributed by atoms with Gasteiger partial charge in [-0.1, -0.05) is 144 Å². The maximum Gasteiger partial charge on any atom is 0.361 e. The molecule has 0 aromatic carbocycles. The maximum atomic E-state index is 12.7. The van der Waals surface area contributed by atoms with Crippen LogP contribution in [-0.2, 0) is 33.3 Å². The van der Waals surface area contributed by atoms with Crippen molar-refractivity contribution in [1.82, 2.24) is 0 Å². The van der Waals surface area contributed by atoms with Gasteiger partial charge >= 0.3 is 17.9 Å². The van der Waals surface area contributed by atoms with Crippen molar-refractivity contribution >= 4 is 17.9 Å². The summed E-state index contributed by atoms with van der Waals surface area (Å²) in [5.41, 5.74) is 0. The highest BCUT2D eigenvalue weighted by atomic mass is 16.7. The first-order valence-electron chi connectivity index (χ1n) is 22.3. The van der Waals surface area contributed by atoms with E-state index >= 15 is 0 Å². The van der Waals surface area contributed by atoms with Crippen LogP contribution in [0.3, 0.4) is 0 Å². The second-order valence-electron chi connectivity index (χ2n) is 15.6. The third-order valence-electron chi connectivity index (χ3n) is 8.90. The molecule has 0 radical (unpaired) electrons. The highest BCUT2D eigenvalue weighted by Gasteiger charge is 2.25. The fourth-order valence-electron chi connectivity index (χ4n) is 5.44. The predicted octanol–water partition coefficient (Wildman–Crippen LogP) is 11.7. The van der Waals surface area contributed by atoms with Crippen LogP contribution in [0, 0.1) is 0 Å². The zero-order valence-electron chi connectivity index (χ0n) is 37.2. The average Bonchev–Trinajstić information content (AvgIpc) is 3.18. The van der Waals surface area contributed by atoms with E-state index in [2.05, 4.69) is 86.8 Å². The highest BCUT2D eigenvalue weighted by molar-refractivity contribution is 5.71. The molecule has 0 bridgehead atoms. The summed E-state index contributed by atoms with van der Waals surface area (Å²) < 4.78 is 22.6. The molecule has 0 aliphatic heterocycles. The number of aliphatic carboxylic acids is 1. The van der Waals surface area contributed by atoms with Crippen molar-refractivity contribution in [2.24, 2.45) is 0 Å². The number of carboxylic acids is 1. The molecule has 9 heteroatoms. The number of esters is 2. The van der Waals surface area contributed by atoms with E-state index in [9.17, 15) is 19.5 Å². The van der Waals surface area contributed by atoms with Crippen molar-refractivity contribution in [2.75, 3.05) is 47.5 Å². The molecular weight excluding hydrogens is 731 g/mol. The van der Waals surface area contributed by atoms with Gasteiger partial charge in [0.15, 0.2) is 6.10 Å². The number of quaternary nitrogens is 1. The largest absolute Gasteiger partial charge is 0.477 e. The van der Waals surface area contributed by atoms with Crippen LogP contribution in [0.15, 0.2) is 85.1 Å². The van der Waals surface area contributed by atoms with Gasteiger partial charge in [0.1, 0.15) is 13.2 Å². The lowest BCUT2D eigenvalue weighted by molar-refractivity contribution is -0.870. The Kier molecular flexibility index (Phi) is 37.8. The highest BCUT2D eigenvalue weighted by Crippen LogP contribution is 2.11. The number of unbranched alkanes of at least 4 members (excludes halogenated alkanes) is 10. The normalized spacial score (nSPS) is 13.7. The lowest BCUT2D eigenvalue weighted by Crippen LogP contribution is -2.40. The first-order valence-corrected chi connectivity index (χ1v) is 22.3. The summed E-state index contributed by atoms with van der Waals surface area (Å²) in [6.45, 7) is 4.62. The molecule has 0 saturated carbocycles. The standard InChI is InChI=1S/C49H81NO8/c1-6-8-10-12-14-16-18-20-22-23-24-25-26-28-30-32-34-36-38-40-47(52)58-45(44-57-49(48(53)54)55-42-41-50(3,4)5)43-56-46(51)39-37-35-33-31-29-27-21-19-17-15-13-11-9-7-2/h8,10,14,16,19-22,24-25,28,30,34,36,45,49H,6-7,9,11-13,15,17-18,23,26-27,29,31-33,35,37-44H2,1-5H3/p+1/b10-8-,16-14-,21-19-,22-20-,25-24-,30-28-,36-34-. The molecule has 0 spiro atoms. The minimum atomic E-state index is -1.53. The van der Waals surface area contributed by atoms with Crippen LogP contribution in [0.5, 0.6) is 0 Å². The monoisotopic (exact) mass is 813 g/mol. The van der Waals surface area contributed by atoms with Gasteiger partial charge in [0.25, 0.3) is 6.29 Å². The zero-order chi connectivity index (χ0) is 42.8. The molecule has 1 N–H and O–H groups in total. The number of nitrogens with zero attached hydrogens (tertiary/aromatic N) is 1. The van der Waals surface area contributed by atoms with Crippen LogP contribution in [0.4, 0.5) is 0 Å². The van der Waals surface area contributed by atoms with Crippen molar-refractivity contribution in [2.45, 2.75) is 161 Å². The van der Waals surface area contributed by atoms with E-state index in [0.29, 0.717) is 17.4 Å². The number of hydrogen-bond donors (Lipinski definition) is 1. The lowest BCUT2D eigenvalue weighted by atomic mass is 10.1. The molecule has 0 aliphatic rings. The second-order valence-corrected chi connectivity index (χ2v) is 15.6. The van der Waals surface area contributed by atoms with Crippen LogP contribution < -0.4 is 0 Å². The summed E-state index contributed by atoms with van der Waals surface area (Å²) in [6.07, 6.45) is 48.0. The van der Waals surface area contributed by atoms with Crippen molar-refractivity contribution in [1.29, 1.82) is 0 Å². The SMILES string of the molecule is CC/C=C\C/C=C\C/C=C\C/C=C\C/C=C\C/C=C\CCC(=O)OC(COC(=O)CCCCCCC/C=C\CCCCCCC)COC(OCC[N+](C)(C)C)C(=O)O. The van der Waals surface area contributed by atoms with Crippen LogP contribution in [0.25, 0.3) is 0 Å². The summed E-state index contributed by atoms with van der Waals surface area (Å²) >= 11 is 0. The number of carbonyl (C=O) groups is 3. The molecule has 0 aromatic rings. The Labute approximate surface area is 353 Å². The molecule has 2 atom stereocenters. The van der Waals surface area contributed by atoms with Gasteiger partial charge in [-0.3, -0.25) is 9.59 Å². The molecule has 0 rings (SSSR count). The number of carbonyl (C=O) groups excluding carboxylic acids is 2. The van der Waals surface area contributed by atoms with Gasteiger partial charge in [0, 0.05) is 12.8 Å². The predicted molar refractivity (Wildman–Crippen MR) is 239 cm³/mol. The second kappa shape index (κ2) is 40.3. The summed E-state index contributed by atoms with van der Waals surface area (Å²) in [7, 11) is 5.92. The molecule has 0 heterocycles. The molecule has 0 fully saturated rings. The van der Waals surface area contributed by atoms with Gasteiger partial charge in [-0.05, 0) is 77.0 Å². The lowest BCUT2D eigenvalue weighted by Gasteiger charge is -2.25. The Morgan fingerprint density at radius 2 is 1.02 bits per heavy atom. The van der Waals surface area contributed by atoms with E-state index in [-0.39, 0.29) is 38.6 Å². The van der Waals surface area contributed by atoms with Crippen molar-refractivity contribution in [3.63, 3.8) is 0 Å². The Balaban J connectivity index is 4.61. The summed E-state index contributed by atoms with van der Waals surface area (Å²) in [4.78, 5) is 37.1. The van der Waals surface area contributed by atoms with E-state index in [1.54, 1.807) is 0 Å². The number of likely N-dealkylation sites (N-methyl/N-ethyl adjacent to an activating group) is 1. The van der Waals surface area contributed by atoms with Gasteiger partial charge in [0.05, 0.1) is 34.4 Å². The number of carboxylic acid groups (broad SMARTS) is 1. The fourth-order valence-corrected chi connectivity index (χ4v) is 5.44. The first-order chi connectivity index (χ1) is 28.1. The minimum Gasteiger partial charge on any atom is -0.477 e. The summed E-state index contributed by atoms with van der Waals surface area (Å²) in [6, 6.07) is 0. The Morgan fingerprint density at radius 3 is 1.53 bits per heavy atom. The van der Waals surface area contributed by atoms with Gasteiger partial charge in [-0.2, -0.15) is 0 Å². The third-order valence-corrected chi connectivity index (χ3v) is 8.90. The number of hydrogen-bond acceptors (Lipinski definition) is 7. The Morgan fingerprint density at radius 1 is 0.534 bits per heavy atom. The average molecular weight is 813 g/mol. The molecule has 0 aromatic heterocycles. The summed E-state index contributed by atoms with van der Waals surface area (Å²) in [5, 5.41) is 9.63. The molecular formula is C49H82NO8+. The summed E-state index contributed by atoms with van der Waals surface area (Å²) in [5.74, 6) is -2.14. The molecule has 9 nitrogen and oxygen atoms in total. The van der Waals surface area contributed by atoms with Gasteiger partial charge in [-0.15, -0.1) is 0 Å². The van der Waals surface area contributed by atoms with Crippen LogP contribution >= 0.6 is 0 Å². The van der Waals surface area contributed by atoms with Gasteiger partial charge in [0.2, 0.25) is 0 Å². The van der Waals surface area contributed by atoms with E-state index in [4.69, 9.17) is 18.9 Å². The molecule has 330 valence electrons.